The molecule has 2 aliphatic rings. The molecule has 0 radical (unpaired) electrons. The molecule has 1 amide bonds. The number of hydrogen-bond acceptors (Lipinski definition) is 4. The summed E-state index contributed by atoms with van der Waals surface area (Å²) in [6, 6.07) is 6.38. The largest absolute Gasteiger partial charge is 0.342 e. The van der Waals surface area contributed by atoms with E-state index >= 15 is 0 Å². The van der Waals surface area contributed by atoms with Gasteiger partial charge in [-0.3, -0.25) is 14.9 Å². The highest BCUT2D eigenvalue weighted by Crippen LogP contribution is 2.30. The van der Waals surface area contributed by atoms with E-state index in [1.807, 2.05) is 11.8 Å². The first-order valence-electron chi connectivity index (χ1n) is 7.30. The fourth-order valence-corrected chi connectivity index (χ4v) is 3.36. The summed E-state index contributed by atoms with van der Waals surface area (Å²) in [6.07, 6.45) is 0. The van der Waals surface area contributed by atoms with Gasteiger partial charge < -0.3 is 10.2 Å². The summed E-state index contributed by atoms with van der Waals surface area (Å²) in [4.78, 5) is 24.9. The van der Waals surface area contributed by atoms with Crippen molar-refractivity contribution in [2.45, 2.75) is 12.8 Å². The lowest BCUT2D eigenvalue weighted by Gasteiger charge is -2.22. The Bertz CT molecular complexity index is 563. The van der Waals surface area contributed by atoms with Crippen LogP contribution < -0.4 is 5.32 Å². The summed E-state index contributed by atoms with van der Waals surface area (Å²) < 4.78 is 0. The van der Waals surface area contributed by atoms with Crippen molar-refractivity contribution in [3.05, 3.63) is 39.9 Å². The average Bonchev–Trinajstić information content (AvgIpc) is 3.07. The minimum Gasteiger partial charge on any atom is -0.342 e. The smallest absolute Gasteiger partial charge is 0.269 e. The van der Waals surface area contributed by atoms with Crippen molar-refractivity contribution in [1.82, 2.24) is 10.2 Å². The lowest BCUT2D eigenvalue weighted by Crippen LogP contribution is -2.34. The van der Waals surface area contributed by atoms with Gasteiger partial charge in [0.05, 0.1) is 10.8 Å². The summed E-state index contributed by atoms with van der Waals surface area (Å²) in [5, 5.41) is 14.2. The predicted octanol–water partition coefficient (Wildman–Crippen LogP) is 1.38. The second kappa shape index (κ2) is 5.44. The van der Waals surface area contributed by atoms with E-state index in [1.54, 1.807) is 12.1 Å². The number of carbonyl (C=O) groups excluding carboxylic acids is 1. The van der Waals surface area contributed by atoms with Crippen LogP contribution in [0.25, 0.3) is 0 Å². The maximum atomic E-state index is 12.6. The van der Waals surface area contributed by atoms with Crippen molar-refractivity contribution >= 4 is 11.6 Å². The molecule has 6 heteroatoms. The molecular formula is C15H19N3O3. The monoisotopic (exact) mass is 289 g/mol. The number of hydrogen-bond donors (Lipinski definition) is 1. The number of benzene rings is 1. The van der Waals surface area contributed by atoms with E-state index in [9.17, 15) is 14.9 Å². The van der Waals surface area contributed by atoms with Gasteiger partial charge in [0, 0.05) is 38.3 Å². The number of carbonyl (C=O) groups is 1. The van der Waals surface area contributed by atoms with Crippen molar-refractivity contribution in [3.63, 3.8) is 0 Å². The molecule has 0 aliphatic carbocycles. The highest BCUT2D eigenvalue weighted by Gasteiger charge is 2.39. The first-order valence-corrected chi connectivity index (χ1v) is 7.30. The second-order valence-corrected chi connectivity index (χ2v) is 6.00. The van der Waals surface area contributed by atoms with Crippen molar-refractivity contribution < 1.29 is 9.72 Å². The molecule has 1 N–H and O–H groups in total. The molecule has 0 aromatic heterocycles. The molecule has 0 bridgehead atoms. The molecule has 2 fully saturated rings. The molecule has 2 aliphatic heterocycles. The maximum absolute atomic E-state index is 12.6. The molecule has 3 rings (SSSR count). The van der Waals surface area contributed by atoms with Crippen LogP contribution in [0.4, 0.5) is 5.69 Å². The van der Waals surface area contributed by atoms with Gasteiger partial charge in [-0.1, -0.05) is 12.1 Å². The topological polar surface area (TPSA) is 75.5 Å². The summed E-state index contributed by atoms with van der Waals surface area (Å²) in [7, 11) is 0. The molecule has 6 nitrogen and oxygen atoms in total. The van der Waals surface area contributed by atoms with Crippen LogP contribution in [0.1, 0.15) is 18.4 Å². The van der Waals surface area contributed by atoms with Gasteiger partial charge in [-0.15, -0.1) is 0 Å². The number of fused-ring (bicyclic) bond motifs is 1. The SMILES string of the molecule is CC(C(=O)N1CC2CNCC2C1)c1cccc([N+](=O)[O-])c1. The zero-order chi connectivity index (χ0) is 15.0. The van der Waals surface area contributed by atoms with Gasteiger partial charge in [0.2, 0.25) is 5.91 Å². The fraction of sp³-hybridized carbons (Fsp3) is 0.533. The zero-order valence-electron chi connectivity index (χ0n) is 12.0. The summed E-state index contributed by atoms with van der Waals surface area (Å²) in [5.74, 6) is 0.860. The minimum absolute atomic E-state index is 0.0367. The summed E-state index contributed by atoms with van der Waals surface area (Å²) in [6.45, 7) is 5.40. The average molecular weight is 289 g/mol. The number of non-ortho nitro benzene ring substituents is 1. The van der Waals surface area contributed by atoms with E-state index in [-0.39, 0.29) is 17.5 Å². The minimum atomic E-state index is -0.424. The Kier molecular flexibility index (Phi) is 3.63. The van der Waals surface area contributed by atoms with E-state index in [2.05, 4.69) is 5.32 Å². The molecular weight excluding hydrogens is 270 g/mol. The molecule has 0 spiro atoms. The summed E-state index contributed by atoms with van der Waals surface area (Å²) >= 11 is 0. The van der Waals surface area contributed by atoms with E-state index in [0.29, 0.717) is 17.4 Å². The Morgan fingerprint density at radius 2 is 2.05 bits per heavy atom. The normalized spacial score (nSPS) is 25.7. The standard InChI is InChI=1S/C15H19N3O3/c1-10(11-3-2-4-14(5-11)18(20)21)15(19)17-8-12-6-16-7-13(12)9-17/h2-5,10,12-13,16H,6-9H2,1H3. The van der Waals surface area contributed by atoms with Gasteiger partial charge >= 0.3 is 0 Å². The van der Waals surface area contributed by atoms with E-state index in [4.69, 9.17) is 0 Å². The summed E-state index contributed by atoms with van der Waals surface area (Å²) in [5.41, 5.74) is 0.749. The van der Waals surface area contributed by atoms with Crippen molar-refractivity contribution in [1.29, 1.82) is 0 Å². The Hall–Kier alpha value is -1.95. The lowest BCUT2D eigenvalue weighted by atomic mass is 9.99. The maximum Gasteiger partial charge on any atom is 0.269 e. The van der Waals surface area contributed by atoms with Crippen LogP contribution in [-0.4, -0.2) is 41.9 Å². The van der Waals surface area contributed by atoms with Crippen LogP contribution in [-0.2, 0) is 4.79 Å². The van der Waals surface area contributed by atoms with Crippen LogP contribution in [0, 0.1) is 22.0 Å². The highest BCUT2D eigenvalue weighted by molar-refractivity contribution is 5.83. The van der Waals surface area contributed by atoms with Crippen LogP contribution in [0.15, 0.2) is 24.3 Å². The molecule has 112 valence electrons. The molecule has 3 unspecified atom stereocenters. The third-order valence-electron chi connectivity index (χ3n) is 4.65. The van der Waals surface area contributed by atoms with Crippen molar-refractivity contribution in [3.8, 4) is 0 Å². The third kappa shape index (κ3) is 2.63. The molecule has 2 heterocycles. The Balaban J connectivity index is 1.73. The van der Waals surface area contributed by atoms with Crippen molar-refractivity contribution in [2.75, 3.05) is 26.2 Å². The molecule has 1 aromatic carbocycles. The van der Waals surface area contributed by atoms with Crippen LogP contribution in [0.5, 0.6) is 0 Å². The second-order valence-electron chi connectivity index (χ2n) is 6.00. The molecule has 3 atom stereocenters. The van der Waals surface area contributed by atoms with Gasteiger partial charge in [0.15, 0.2) is 0 Å². The van der Waals surface area contributed by atoms with E-state index in [1.165, 1.54) is 12.1 Å². The zero-order valence-corrected chi connectivity index (χ0v) is 12.0. The molecule has 21 heavy (non-hydrogen) atoms. The van der Waals surface area contributed by atoms with Crippen molar-refractivity contribution in [2.24, 2.45) is 11.8 Å². The molecule has 2 saturated heterocycles. The quantitative estimate of drug-likeness (QED) is 0.673. The van der Waals surface area contributed by atoms with Crippen LogP contribution in [0.3, 0.4) is 0 Å². The lowest BCUT2D eigenvalue weighted by molar-refractivity contribution is -0.384. The van der Waals surface area contributed by atoms with Crippen LogP contribution in [0.2, 0.25) is 0 Å². The number of likely N-dealkylation sites (tertiary alicyclic amines) is 1. The first kappa shape index (κ1) is 14.0. The first-order chi connectivity index (χ1) is 10.1. The third-order valence-corrected chi connectivity index (χ3v) is 4.65. The van der Waals surface area contributed by atoms with E-state index in [0.717, 1.165) is 26.2 Å². The Morgan fingerprint density at radius 3 is 2.67 bits per heavy atom. The molecule has 1 aromatic rings. The van der Waals surface area contributed by atoms with Gasteiger partial charge in [0.25, 0.3) is 5.69 Å². The number of nitrogens with zero attached hydrogens (tertiary/aromatic N) is 2. The van der Waals surface area contributed by atoms with Crippen LogP contribution >= 0.6 is 0 Å². The number of rotatable bonds is 3. The van der Waals surface area contributed by atoms with Gasteiger partial charge in [-0.25, -0.2) is 0 Å². The van der Waals surface area contributed by atoms with E-state index < -0.39 is 4.92 Å². The number of nitrogens with one attached hydrogen (secondary N) is 1. The Morgan fingerprint density at radius 1 is 1.38 bits per heavy atom. The highest BCUT2D eigenvalue weighted by atomic mass is 16.6. The van der Waals surface area contributed by atoms with Gasteiger partial charge in [-0.05, 0) is 24.3 Å². The number of nitro groups is 1. The Labute approximate surface area is 123 Å². The predicted molar refractivity (Wildman–Crippen MR) is 77.9 cm³/mol. The number of nitro benzene ring substituents is 1. The fourth-order valence-electron chi connectivity index (χ4n) is 3.36. The molecule has 0 saturated carbocycles. The van der Waals surface area contributed by atoms with Gasteiger partial charge in [0.1, 0.15) is 0 Å². The van der Waals surface area contributed by atoms with Gasteiger partial charge in [-0.2, -0.15) is 0 Å². The number of amides is 1.